The SMILES string of the molecule is CC(=O)C(N)c1cc(C)ccc1F. The Bertz CT molecular complexity index is 336. The topological polar surface area (TPSA) is 43.1 Å². The lowest BCUT2D eigenvalue weighted by molar-refractivity contribution is -0.118. The molecular weight excluding hydrogens is 169 g/mol. The molecule has 0 fully saturated rings. The Morgan fingerprint density at radius 1 is 1.54 bits per heavy atom. The van der Waals surface area contributed by atoms with Gasteiger partial charge in [0.15, 0.2) is 5.78 Å². The number of Topliss-reactive ketones (excluding diaryl/α,β-unsaturated/α-hetero) is 1. The summed E-state index contributed by atoms with van der Waals surface area (Å²) < 4.78 is 13.1. The van der Waals surface area contributed by atoms with Crippen LogP contribution >= 0.6 is 0 Å². The summed E-state index contributed by atoms with van der Waals surface area (Å²) in [5.74, 6) is -0.655. The van der Waals surface area contributed by atoms with Gasteiger partial charge in [-0.1, -0.05) is 17.7 Å². The predicted octanol–water partition coefficient (Wildman–Crippen LogP) is 1.72. The molecule has 0 radical (unpaired) electrons. The molecule has 0 spiro atoms. The number of benzene rings is 1. The molecule has 0 aliphatic heterocycles. The fourth-order valence-corrected chi connectivity index (χ4v) is 1.12. The van der Waals surface area contributed by atoms with E-state index in [0.717, 1.165) is 5.56 Å². The Morgan fingerprint density at radius 3 is 2.69 bits per heavy atom. The largest absolute Gasteiger partial charge is 0.318 e. The Morgan fingerprint density at radius 2 is 2.15 bits per heavy atom. The molecule has 1 aromatic rings. The van der Waals surface area contributed by atoms with Crippen molar-refractivity contribution < 1.29 is 9.18 Å². The third-order valence-corrected chi connectivity index (χ3v) is 1.92. The average Bonchev–Trinajstić information content (AvgIpc) is 2.08. The average molecular weight is 181 g/mol. The van der Waals surface area contributed by atoms with Crippen molar-refractivity contribution in [2.45, 2.75) is 19.9 Å². The lowest BCUT2D eigenvalue weighted by atomic mass is 10.0. The minimum absolute atomic E-state index is 0.232. The molecule has 1 unspecified atom stereocenters. The molecule has 13 heavy (non-hydrogen) atoms. The van der Waals surface area contributed by atoms with Crippen LogP contribution in [0.1, 0.15) is 24.1 Å². The van der Waals surface area contributed by atoms with E-state index in [1.165, 1.54) is 13.0 Å². The van der Waals surface area contributed by atoms with E-state index in [1.54, 1.807) is 12.1 Å². The molecule has 1 aromatic carbocycles. The maximum atomic E-state index is 13.1. The highest BCUT2D eigenvalue weighted by molar-refractivity contribution is 5.82. The highest BCUT2D eigenvalue weighted by atomic mass is 19.1. The fourth-order valence-electron chi connectivity index (χ4n) is 1.12. The van der Waals surface area contributed by atoms with Crippen LogP contribution in [0.3, 0.4) is 0 Å². The zero-order valence-corrected chi connectivity index (χ0v) is 7.67. The zero-order chi connectivity index (χ0) is 10.0. The lowest BCUT2D eigenvalue weighted by Gasteiger charge is -2.09. The van der Waals surface area contributed by atoms with Crippen LogP contribution in [0.25, 0.3) is 0 Å². The number of hydrogen-bond donors (Lipinski definition) is 1. The second-order valence-corrected chi connectivity index (χ2v) is 3.11. The molecule has 3 heteroatoms. The highest BCUT2D eigenvalue weighted by Gasteiger charge is 2.15. The van der Waals surface area contributed by atoms with E-state index in [1.807, 2.05) is 6.92 Å². The fraction of sp³-hybridized carbons (Fsp3) is 0.300. The van der Waals surface area contributed by atoms with Crippen LogP contribution in [-0.2, 0) is 4.79 Å². The molecule has 0 aliphatic rings. The van der Waals surface area contributed by atoms with Crippen molar-refractivity contribution in [3.8, 4) is 0 Å². The summed E-state index contributed by atoms with van der Waals surface area (Å²) in [6.45, 7) is 3.18. The van der Waals surface area contributed by atoms with Crippen LogP contribution in [0.15, 0.2) is 18.2 Å². The summed E-state index contributed by atoms with van der Waals surface area (Å²) in [5.41, 5.74) is 6.69. The molecule has 1 atom stereocenters. The Hall–Kier alpha value is -1.22. The van der Waals surface area contributed by atoms with Gasteiger partial charge in [0, 0.05) is 5.56 Å². The van der Waals surface area contributed by atoms with Gasteiger partial charge in [-0.15, -0.1) is 0 Å². The van der Waals surface area contributed by atoms with E-state index in [2.05, 4.69) is 0 Å². The molecule has 0 saturated heterocycles. The van der Waals surface area contributed by atoms with Crippen molar-refractivity contribution in [2.24, 2.45) is 5.73 Å². The molecule has 2 N–H and O–H groups in total. The Balaban J connectivity index is 3.12. The minimum Gasteiger partial charge on any atom is -0.318 e. The molecule has 2 nitrogen and oxygen atoms in total. The Labute approximate surface area is 76.6 Å². The first-order chi connectivity index (χ1) is 6.02. The van der Waals surface area contributed by atoms with Gasteiger partial charge in [0.05, 0.1) is 6.04 Å². The molecule has 0 bridgehead atoms. The molecule has 70 valence electrons. The van der Waals surface area contributed by atoms with E-state index in [0.29, 0.717) is 0 Å². The third-order valence-electron chi connectivity index (χ3n) is 1.92. The molecule has 1 rings (SSSR count). The highest BCUT2D eigenvalue weighted by Crippen LogP contribution is 2.17. The first kappa shape index (κ1) is 9.86. The number of carbonyl (C=O) groups is 1. The van der Waals surface area contributed by atoms with Crippen molar-refractivity contribution in [2.75, 3.05) is 0 Å². The number of ketones is 1. The summed E-state index contributed by atoms with van der Waals surface area (Å²) in [5, 5.41) is 0. The summed E-state index contributed by atoms with van der Waals surface area (Å²) in [6, 6.07) is 3.72. The van der Waals surface area contributed by atoms with Gasteiger partial charge >= 0.3 is 0 Å². The van der Waals surface area contributed by atoms with Crippen LogP contribution in [0.5, 0.6) is 0 Å². The lowest BCUT2D eigenvalue weighted by Crippen LogP contribution is -2.19. The van der Waals surface area contributed by atoms with Crippen LogP contribution in [0.4, 0.5) is 4.39 Å². The third kappa shape index (κ3) is 2.12. The normalized spacial score (nSPS) is 12.6. The number of rotatable bonds is 2. The van der Waals surface area contributed by atoms with Gasteiger partial charge in [0.2, 0.25) is 0 Å². The quantitative estimate of drug-likeness (QED) is 0.754. The number of halogens is 1. The maximum absolute atomic E-state index is 13.1. The first-order valence-corrected chi connectivity index (χ1v) is 4.04. The monoisotopic (exact) mass is 181 g/mol. The Kier molecular flexibility index (Phi) is 2.78. The predicted molar refractivity (Wildman–Crippen MR) is 48.7 cm³/mol. The van der Waals surface area contributed by atoms with Crippen molar-refractivity contribution in [1.82, 2.24) is 0 Å². The van der Waals surface area contributed by atoms with E-state index in [4.69, 9.17) is 5.73 Å². The van der Waals surface area contributed by atoms with E-state index >= 15 is 0 Å². The molecule has 0 amide bonds. The van der Waals surface area contributed by atoms with E-state index in [-0.39, 0.29) is 11.3 Å². The van der Waals surface area contributed by atoms with E-state index in [9.17, 15) is 9.18 Å². The van der Waals surface area contributed by atoms with Crippen molar-refractivity contribution in [1.29, 1.82) is 0 Å². The molecule has 0 heterocycles. The molecule has 0 saturated carbocycles. The van der Waals surface area contributed by atoms with Crippen molar-refractivity contribution in [3.05, 3.63) is 35.1 Å². The van der Waals surface area contributed by atoms with Gasteiger partial charge in [-0.25, -0.2) is 4.39 Å². The second kappa shape index (κ2) is 3.66. The van der Waals surface area contributed by atoms with Crippen LogP contribution in [-0.4, -0.2) is 5.78 Å². The number of aryl methyl sites for hydroxylation is 1. The number of carbonyl (C=O) groups excluding carboxylic acids is 1. The van der Waals surface area contributed by atoms with E-state index < -0.39 is 11.9 Å². The molecular formula is C10H12FNO. The smallest absolute Gasteiger partial charge is 0.151 e. The maximum Gasteiger partial charge on any atom is 0.151 e. The summed E-state index contributed by atoms with van der Waals surface area (Å²) >= 11 is 0. The van der Waals surface area contributed by atoms with Crippen molar-refractivity contribution >= 4 is 5.78 Å². The van der Waals surface area contributed by atoms with Gasteiger partial charge in [-0.3, -0.25) is 4.79 Å². The standard InChI is InChI=1S/C10H12FNO/c1-6-3-4-9(11)8(5-6)10(12)7(2)13/h3-5,10H,12H2,1-2H3. The van der Waals surface area contributed by atoms with Gasteiger partial charge in [0.25, 0.3) is 0 Å². The molecule has 0 aliphatic carbocycles. The van der Waals surface area contributed by atoms with Gasteiger partial charge in [-0.05, 0) is 19.9 Å². The summed E-state index contributed by atoms with van der Waals surface area (Å²) in [6.07, 6.45) is 0. The minimum atomic E-state index is -0.847. The van der Waals surface area contributed by atoms with Gasteiger partial charge in [-0.2, -0.15) is 0 Å². The van der Waals surface area contributed by atoms with Crippen LogP contribution < -0.4 is 5.73 Å². The second-order valence-electron chi connectivity index (χ2n) is 3.11. The van der Waals surface area contributed by atoms with Crippen molar-refractivity contribution in [3.63, 3.8) is 0 Å². The zero-order valence-electron chi connectivity index (χ0n) is 7.67. The van der Waals surface area contributed by atoms with Crippen LogP contribution in [0.2, 0.25) is 0 Å². The van der Waals surface area contributed by atoms with Crippen LogP contribution in [0, 0.1) is 12.7 Å². The van der Waals surface area contributed by atoms with Gasteiger partial charge in [0.1, 0.15) is 5.82 Å². The number of hydrogen-bond acceptors (Lipinski definition) is 2. The first-order valence-electron chi connectivity index (χ1n) is 4.04. The number of nitrogens with two attached hydrogens (primary N) is 1. The summed E-state index contributed by atoms with van der Waals surface area (Å²) in [7, 11) is 0. The summed E-state index contributed by atoms with van der Waals surface area (Å²) in [4.78, 5) is 10.9. The van der Waals surface area contributed by atoms with Gasteiger partial charge < -0.3 is 5.73 Å². The molecule has 0 aromatic heterocycles.